The highest BCUT2D eigenvalue weighted by Gasteiger charge is 2.10. The van der Waals surface area contributed by atoms with Crippen molar-refractivity contribution in [1.82, 2.24) is 19.9 Å². The van der Waals surface area contributed by atoms with E-state index in [-0.39, 0.29) is 5.56 Å². The summed E-state index contributed by atoms with van der Waals surface area (Å²) in [6, 6.07) is 11.0. The molecule has 0 spiro atoms. The summed E-state index contributed by atoms with van der Waals surface area (Å²) in [6.07, 6.45) is 5.82. The van der Waals surface area contributed by atoms with Gasteiger partial charge in [0.1, 0.15) is 17.3 Å². The van der Waals surface area contributed by atoms with Gasteiger partial charge in [-0.3, -0.25) is 9.69 Å². The van der Waals surface area contributed by atoms with Gasteiger partial charge in [0, 0.05) is 37.2 Å². The van der Waals surface area contributed by atoms with Gasteiger partial charge < -0.3 is 25.1 Å². The quantitative estimate of drug-likeness (QED) is 0.358. The van der Waals surface area contributed by atoms with Crippen molar-refractivity contribution >= 4 is 35.3 Å². The third-order valence-corrected chi connectivity index (χ3v) is 5.55. The highest BCUT2D eigenvalue weighted by molar-refractivity contribution is 5.67. The third kappa shape index (κ3) is 6.78. The van der Waals surface area contributed by atoms with E-state index >= 15 is 0 Å². The Labute approximate surface area is 204 Å². The number of aromatic amines is 1. The van der Waals surface area contributed by atoms with Gasteiger partial charge in [0.15, 0.2) is 0 Å². The molecule has 182 valence electrons. The number of morpholine rings is 1. The summed E-state index contributed by atoms with van der Waals surface area (Å²) in [5, 5.41) is 6.21. The molecule has 0 radical (unpaired) electrons. The predicted molar refractivity (Wildman–Crippen MR) is 140 cm³/mol. The molecule has 0 aliphatic carbocycles. The third-order valence-electron chi connectivity index (χ3n) is 5.55. The number of hydrogen-bond donors (Lipinski definition) is 3. The van der Waals surface area contributed by atoms with Crippen molar-refractivity contribution in [2.45, 2.75) is 6.42 Å². The van der Waals surface area contributed by atoms with Crippen LogP contribution in [0.25, 0.3) is 12.2 Å². The average Bonchev–Trinajstić information content (AvgIpc) is 2.89. The maximum absolute atomic E-state index is 12.4. The molecule has 0 unspecified atom stereocenters. The number of rotatable bonds is 11. The van der Waals surface area contributed by atoms with E-state index in [2.05, 4.69) is 43.6 Å². The number of pyridine rings is 1. The highest BCUT2D eigenvalue weighted by Crippen LogP contribution is 2.20. The Morgan fingerprint density at radius 1 is 1.11 bits per heavy atom. The lowest BCUT2D eigenvalue weighted by Gasteiger charge is -2.26. The first-order chi connectivity index (χ1) is 17.1. The lowest BCUT2D eigenvalue weighted by Crippen LogP contribution is -2.37. The SMILES string of the molecule is C=Cc1cc(Nc2ccnc(Nc3ccc(OCCCN4CCOCC4)cc3)n2)c(=O)[nH]c1C=C. The standard InChI is InChI=1S/C26H30N6O3/c1-3-19-18-23(25(33)30-22(19)4-2)29-24-10-11-27-26(31-24)28-20-6-8-21(9-7-20)35-15-5-12-32-13-16-34-17-14-32/h3-4,6-11,18H,1-2,5,12-17H2,(H,30,33)(H2,27,28,29,31). The predicted octanol–water partition coefficient (Wildman–Crippen LogP) is 4.04. The van der Waals surface area contributed by atoms with Gasteiger partial charge >= 0.3 is 0 Å². The van der Waals surface area contributed by atoms with Crippen molar-refractivity contribution in [2.24, 2.45) is 0 Å². The first kappa shape index (κ1) is 24.2. The number of benzene rings is 1. The van der Waals surface area contributed by atoms with E-state index < -0.39 is 0 Å². The average molecular weight is 475 g/mol. The molecule has 1 fully saturated rings. The number of nitrogens with one attached hydrogen (secondary N) is 3. The molecule has 35 heavy (non-hydrogen) atoms. The van der Waals surface area contributed by atoms with Crippen LogP contribution in [-0.4, -0.2) is 59.3 Å². The molecule has 9 nitrogen and oxygen atoms in total. The normalized spacial score (nSPS) is 13.7. The summed E-state index contributed by atoms with van der Waals surface area (Å²) in [5.74, 6) is 1.70. The summed E-state index contributed by atoms with van der Waals surface area (Å²) in [4.78, 5) is 26.3. The molecule has 4 rings (SSSR count). The molecule has 1 aliphatic rings. The first-order valence-corrected chi connectivity index (χ1v) is 11.6. The topological polar surface area (TPSA) is 104 Å². The van der Waals surface area contributed by atoms with E-state index in [1.165, 1.54) is 0 Å². The number of H-pyrrole nitrogens is 1. The second kappa shape index (κ2) is 12.0. The van der Waals surface area contributed by atoms with Crippen molar-refractivity contribution in [3.63, 3.8) is 0 Å². The van der Waals surface area contributed by atoms with E-state index in [9.17, 15) is 4.79 Å². The van der Waals surface area contributed by atoms with Gasteiger partial charge in [-0.2, -0.15) is 4.98 Å². The summed E-state index contributed by atoms with van der Waals surface area (Å²) in [6.45, 7) is 12.8. The van der Waals surface area contributed by atoms with Crippen molar-refractivity contribution < 1.29 is 9.47 Å². The molecular formula is C26H30N6O3. The highest BCUT2D eigenvalue weighted by atomic mass is 16.5. The minimum Gasteiger partial charge on any atom is -0.494 e. The molecule has 0 saturated carbocycles. The van der Waals surface area contributed by atoms with Gasteiger partial charge in [-0.25, -0.2) is 4.98 Å². The molecule has 0 bridgehead atoms. The van der Waals surface area contributed by atoms with Crippen molar-refractivity contribution in [3.05, 3.63) is 77.4 Å². The van der Waals surface area contributed by atoms with Gasteiger partial charge in [0.05, 0.1) is 19.8 Å². The van der Waals surface area contributed by atoms with Crippen LogP contribution in [0.4, 0.5) is 23.1 Å². The summed E-state index contributed by atoms with van der Waals surface area (Å²) < 4.78 is 11.2. The Bertz CT molecular complexity index is 1200. The Kier molecular flexibility index (Phi) is 8.26. The molecule has 1 aromatic carbocycles. The van der Waals surface area contributed by atoms with Crippen LogP contribution in [0.5, 0.6) is 5.75 Å². The zero-order valence-corrected chi connectivity index (χ0v) is 19.6. The van der Waals surface area contributed by atoms with Gasteiger partial charge in [-0.15, -0.1) is 0 Å². The maximum atomic E-state index is 12.4. The van der Waals surface area contributed by atoms with Gasteiger partial charge in [-0.05, 0) is 54.5 Å². The summed E-state index contributed by atoms with van der Waals surface area (Å²) in [5.41, 5.74) is 2.28. The van der Waals surface area contributed by atoms with Gasteiger partial charge in [0.25, 0.3) is 5.56 Å². The number of aromatic nitrogens is 3. The van der Waals surface area contributed by atoms with Crippen LogP contribution in [0.2, 0.25) is 0 Å². The second-order valence-electron chi connectivity index (χ2n) is 7.99. The van der Waals surface area contributed by atoms with Crippen LogP contribution >= 0.6 is 0 Å². The molecule has 0 amide bonds. The van der Waals surface area contributed by atoms with Crippen molar-refractivity contribution in [1.29, 1.82) is 0 Å². The smallest absolute Gasteiger partial charge is 0.272 e. The van der Waals surface area contributed by atoms with Crippen LogP contribution in [-0.2, 0) is 4.74 Å². The zero-order valence-electron chi connectivity index (χ0n) is 19.6. The minimum atomic E-state index is -0.279. The van der Waals surface area contributed by atoms with Gasteiger partial charge in [-0.1, -0.05) is 19.2 Å². The Hall–Kier alpha value is -3.95. The zero-order chi connectivity index (χ0) is 24.5. The molecule has 2 aromatic heterocycles. The Morgan fingerprint density at radius 2 is 1.91 bits per heavy atom. The van der Waals surface area contributed by atoms with Gasteiger partial charge in [0.2, 0.25) is 5.95 Å². The monoisotopic (exact) mass is 474 g/mol. The van der Waals surface area contributed by atoms with E-state index in [1.54, 1.807) is 30.5 Å². The van der Waals surface area contributed by atoms with Crippen LogP contribution in [0.1, 0.15) is 17.7 Å². The maximum Gasteiger partial charge on any atom is 0.272 e. The fourth-order valence-electron chi connectivity index (χ4n) is 3.68. The molecule has 3 N–H and O–H groups in total. The minimum absolute atomic E-state index is 0.279. The molecule has 3 heterocycles. The Balaban J connectivity index is 1.32. The van der Waals surface area contributed by atoms with Crippen LogP contribution in [0, 0.1) is 0 Å². The number of ether oxygens (including phenoxy) is 2. The fraction of sp³-hybridized carbons (Fsp3) is 0.269. The number of nitrogens with zero attached hydrogens (tertiary/aromatic N) is 3. The lowest BCUT2D eigenvalue weighted by atomic mass is 10.1. The molecule has 1 saturated heterocycles. The molecular weight excluding hydrogens is 444 g/mol. The first-order valence-electron chi connectivity index (χ1n) is 11.6. The Morgan fingerprint density at radius 3 is 2.66 bits per heavy atom. The van der Waals surface area contributed by atoms with E-state index in [4.69, 9.17) is 9.47 Å². The van der Waals surface area contributed by atoms with Crippen molar-refractivity contribution in [2.75, 3.05) is 50.1 Å². The lowest BCUT2D eigenvalue weighted by molar-refractivity contribution is 0.0358. The van der Waals surface area contributed by atoms with Crippen molar-refractivity contribution in [3.8, 4) is 5.75 Å². The van der Waals surface area contributed by atoms with Crippen LogP contribution in [0.3, 0.4) is 0 Å². The number of hydrogen-bond acceptors (Lipinski definition) is 8. The molecule has 0 atom stereocenters. The van der Waals surface area contributed by atoms with E-state index in [1.807, 2.05) is 24.3 Å². The largest absolute Gasteiger partial charge is 0.494 e. The number of anilines is 4. The van der Waals surface area contributed by atoms with Crippen LogP contribution < -0.4 is 20.9 Å². The van der Waals surface area contributed by atoms with Crippen LogP contribution in [0.15, 0.2) is 60.5 Å². The molecule has 3 aromatic rings. The summed E-state index contributed by atoms with van der Waals surface area (Å²) in [7, 11) is 0. The fourth-order valence-corrected chi connectivity index (χ4v) is 3.68. The van der Waals surface area contributed by atoms with E-state index in [0.717, 1.165) is 56.3 Å². The summed E-state index contributed by atoms with van der Waals surface area (Å²) >= 11 is 0. The molecule has 9 heteroatoms. The van der Waals surface area contributed by atoms with E-state index in [0.29, 0.717) is 29.8 Å². The second-order valence-corrected chi connectivity index (χ2v) is 7.99. The molecule has 1 aliphatic heterocycles.